The second kappa shape index (κ2) is 7.13. The number of rotatable bonds is 7. The number of carboxylic acids is 1. The molecule has 0 aliphatic rings. The summed E-state index contributed by atoms with van der Waals surface area (Å²) in [7, 11) is 0. The first-order valence-corrected chi connectivity index (χ1v) is 6.89. The lowest BCUT2D eigenvalue weighted by Gasteiger charge is -2.25. The van der Waals surface area contributed by atoms with Gasteiger partial charge in [0.05, 0.1) is 6.54 Å². The highest BCUT2D eigenvalue weighted by molar-refractivity contribution is 5.75. The average Bonchev–Trinajstić information content (AvgIpc) is 2.48. The van der Waals surface area contributed by atoms with Gasteiger partial charge in [-0.15, -0.1) is 0 Å². The van der Waals surface area contributed by atoms with E-state index in [-0.39, 0.29) is 13.1 Å². The van der Waals surface area contributed by atoms with Crippen LogP contribution in [0.15, 0.2) is 60.7 Å². The first kappa shape index (κ1) is 16.1. The zero-order valence-corrected chi connectivity index (χ0v) is 12.0. The molecule has 2 rings (SSSR count). The molecule has 3 nitrogen and oxygen atoms in total. The molecule has 0 unspecified atom stereocenters. The molecule has 22 heavy (non-hydrogen) atoms. The lowest BCUT2D eigenvalue weighted by Crippen LogP contribution is -2.41. The molecule has 0 amide bonds. The van der Waals surface area contributed by atoms with E-state index in [2.05, 4.69) is 0 Å². The van der Waals surface area contributed by atoms with E-state index < -0.39 is 18.4 Å². The third-order valence-electron chi connectivity index (χ3n) is 3.23. The fraction of sp³-hybridized carbons (Fsp3) is 0.235. The summed E-state index contributed by atoms with van der Waals surface area (Å²) >= 11 is 0. The van der Waals surface area contributed by atoms with Crippen LogP contribution in [0.2, 0.25) is 0 Å². The van der Waals surface area contributed by atoms with Crippen LogP contribution in [0, 0.1) is 0 Å². The maximum Gasteiger partial charge on any atom is 0.375 e. The molecule has 0 aliphatic carbocycles. The number of alkyl halides is 2. The van der Waals surface area contributed by atoms with Gasteiger partial charge in [-0.2, -0.15) is 8.78 Å². The van der Waals surface area contributed by atoms with Crippen molar-refractivity contribution in [2.45, 2.75) is 19.0 Å². The van der Waals surface area contributed by atoms with Gasteiger partial charge in [-0.1, -0.05) is 60.7 Å². The minimum absolute atomic E-state index is 0.263. The second-order valence-corrected chi connectivity index (χ2v) is 5.13. The molecular weight excluding hydrogens is 288 g/mol. The van der Waals surface area contributed by atoms with E-state index in [0.717, 1.165) is 11.1 Å². The van der Waals surface area contributed by atoms with Gasteiger partial charge in [0, 0.05) is 13.1 Å². The van der Waals surface area contributed by atoms with Crippen LogP contribution in [0.3, 0.4) is 0 Å². The van der Waals surface area contributed by atoms with Crippen molar-refractivity contribution >= 4 is 5.97 Å². The van der Waals surface area contributed by atoms with Crippen molar-refractivity contribution in [2.75, 3.05) is 6.54 Å². The Labute approximate surface area is 127 Å². The van der Waals surface area contributed by atoms with Gasteiger partial charge in [0.15, 0.2) is 0 Å². The molecule has 0 heterocycles. The predicted molar refractivity (Wildman–Crippen MR) is 79.6 cm³/mol. The maximum absolute atomic E-state index is 13.6. The Bertz CT molecular complexity index is 561. The van der Waals surface area contributed by atoms with Crippen LogP contribution < -0.4 is 0 Å². The van der Waals surface area contributed by atoms with E-state index in [4.69, 9.17) is 5.11 Å². The second-order valence-electron chi connectivity index (χ2n) is 5.13. The fourth-order valence-corrected chi connectivity index (χ4v) is 2.20. The smallest absolute Gasteiger partial charge is 0.375 e. The van der Waals surface area contributed by atoms with E-state index in [9.17, 15) is 13.6 Å². The van der Waals surface area contributed by atoms with Gasteiger partial charge >= 0.3 is 11.9 Å². The molecule has 0 radical (unpaired) electrons. The van der Waals surface area contributed by atoms with Gasteiger partial charge < -0.3 is 5.11 Å². The number of nitrogens with zero attached hydrogens (tertiary/aromatic N) is 1. The minimum atomic E-state index is -3.77. The molecule has 2 aromatic carbocycles. The largest absolute Gasteiger partial charge is 0.477 e. The van der Waals surface area contributed by atoms with Crippen molar-refractivity contribution in [2.24, 2.45) is 0 Å². The average molecular weight is 305 g/mol. The lowest BCUT2D eigenvalue weighted by atomic mass is 10.1. The highest BCUT2D eigenvalue weighted by atomic mass is 19.3. The topological polar surface area (TPSA) is 40.5 Å². The Hall–Kier alpha value is -2.27. The summed E-state index contributed by atoms with van der Waals surface area (Å²) in [6.07, 6.45) is 0. The minimum Gasteiger partial charge on any atom is -0.477 e. The molecule has 0 bridgehead atoms. The summed E-state index contributed by atoms with van der Waals surface area (Å²) in [5, 5.41) is 8.65. The normalized spacial score (nSPS) is 11.6. The van der Waals surface area contributed by atoms with E-state index in [1.165, 1.54) is 4.90 Å². The van der Waals surface area contributed by atoms with E-state index >= 15 is 0 Å². The summed E-state index contributed by atoms with van der Waals surface area (Å²) in [5.74, 6) is -5.87. The van der Waals surface area contributed by atoms with E-state index in [0.29, 0.717) is 0 Å². The van der Waals surface area contributed by atoms with Crippen molar-refractivity contribution in [3.63, 3.8) is 0 Å². The summed E-state index contributed by atoms with van der Waals surface area (Å²) in [6, 6.07) is 18.3. The molecule has 0 fully saturated rings. The first-order chi connectivity index (χ1) is 10.5. The third-order valence-corrected chi connectivity index (χ3v) is 3.23. The van der Waals surface area contributed by atoms with Crippen LogP contribution in [0.1, 0.15) is 11.1 Å². The van der Waals surface area contributed by atoms with Crippen LogP contribution in [0.25, 0.3) is 0 Å². The summed E-state index contributed by atoms with van der Waals surface area (Å²) < 4.78 is 27.1. The number of aliphatic carboxylic acids is 1. The molecule has 0 atom stereocenters. The van der Waals surface area contributed by atoms with Crippen molar-refractivity contribution in [3.05, 3.63) is 71.8 Å². The zero-order valence-electron chi connectivity index (χ0n) is 12.0. The van der Waals surface area contributed by atoms with Crippen molar-refractivity contribution < 1.29 is 18.7 Å². The van der Waals surface area contributed by atoms with Gasteiger partial charge in [-0.05, 0) is 11.1 Å². The molecule has 0 saturated carbocycles. The molecule has 0 aromatic heterocycles. The highest BCUT2D eigenvalue weighted by Crippen LogP contribution is 2.19. The van der Waals surface area contributed by atoms with E-state index in [1.807, 2.05) is 60.7 Å². The number of halogens is 2. The number of carboxylic acid groups (broad SMARTS) is 1. The van der Waals surface area contributed by atoms with E-state index in [1.54, 1.807) is 0 Å². The molecule has 2 aromatic rings. The molecule has 116 valence electrons. The molecule has 1 N–H and O–H groups in total. The Kier molecular flexibility index (Phi) is 5.22. The fourth-order valence-electron chi connectivity index (χ4n) is 2.20. The Morgan fingerprint density at radius 3 is 1.68 bits per heavy atom. The molecule has 0 saturated heterocycles. The Morgan fingerprint density at radius 1 is 0.909 bits per heavy atom. The van der Waals surface area contributed by atoms with Gasteiger partial charge in [0.1, 0.15) is 0 Å². The summed E-state index contributed by atoms with van der Waals surface area (Å²) in [6.45, 7) is -0.302. The number of hydrogen-bond acceptors (Lipinski definition) is 2. The molecule has 0 spiro atoms. The lowest BCUT2D eigenvalue weighted by molar-refractivity contribution is -0.167. The number of benzene rings is 2. The number of carbonyl (C=O) groups is 1. The SMILES string of the molecule is O=C(O)C(F)(F)CN(Cc1ccccc1)Cc1ccccc1. The maximum atomic E-state index is 13.6. The van der Waals surface area contributed by atoms with Crippen LogP contribution in [0.4, 0.5) is 8.78 Å². The molecular formula is C17H17F2NO2. The van der Waals surface area contributed by atoms with Gasteiger partial charge in [0.2, 0.25) is 0 Å². The predicted octanol–water partition coefficient (Wildman–Crippen LogP) is 3.41. The summed E-state index contributed by atoms with van der Waals surface area (Å²) in [4.78, 5) is 12.1. The highest BCUT2D eigenvalue weighted by Gasteiger charge is 2.40. The quantitative estimate of drug-likeness (QED) is 0.852. The van der Waals surface area contributed by atoms with Crippen molar-refractivity contribution in [1.29, 1.82) is 0 Å². The molecule has 0 aliphatic heterocycles. The van der Waals surface area contributed by atoms with Gasteiger partial charge in [-0.25, -0.2) is 4.79 Å². The van der Waals surface area contributed by atoms with Crippen LogP contribution in [-0.2, 0) is 17.9 Å². The third kappa shape index (κ3) is 4.63. The monoisotopic (exact) mass is 305 g/mol. The molecule has 5 heteroatoms. The zero-order chi connectivity index (χ0) is 16.0. The van der Waals surface area contributed by atoms with Gasteiger partial charge in [0.25, 0.3) is 0 Å². The van der Waals surface area contributed by atoms with Crippen LogP contribution in [0.5, 0.6) is 0 Å². The van der Waals surface area contributed by atoms with Crippen molar-refractivity contribution in [3.8, 4) is 0 Å². The van der Waals surface area contributed by atoms with Crippen LogP contribution >= 0.6 is 0 Å². The van der Waals surface area contributed by atoms with Gasteiger partial charge in [-0.3, -0.25) is 4.90 Å². The first-order valence-electron chi connectivity index (χ1n) is 6.89. The number of hydrogen-bond donors (Lipinski definition) is 1. The van der Waals surface area contributed by atoms with Crippen LogP contribution in [-0.4, -0.2) is 28.4 Å². The Morgan fingerprint density at radius 2 is 1.32 bits per heavy atom. The summed E-state index contributed by atoms with van der Waals surface area (Å²) in [5.41, 5.74) is 1.72. The van der Waals surface area contributed by atoms with Crippen molar-refractivity contribution in [1.82, 2.24) is 4.90 Å². The standard InChI is InChI=1S/C17H17F2NO2/c18-17(19,16(21)22)13-20(11-14-7-3-1-4-8-14)12-15-9-5-2-6-10-15/h1-10H,11-13H2,(H,21,22). The Balaban J connectivity index is 2.15.